The maximum Gasteiger partial charge on any atom is 0.338 e. The standard InChI is InChI=1S/C23H19NO6/c1-28-22(25)17-9-6-10-18(24(26)27)20(17)15-11-12-16-19(13-15)30-23(29-2)21(16)14-7-4-3-5-8-14/h3-13,21,23H,1-2H3. The average Bonchev–Trinajstić information content (AvgIpc) is 3.16. The van der Waals surface area contributed by atoms with Crippen molar-refractivity contribution in [2.24, 2.45) is 0 Å². The number of esters is 1. The minimum Gasteiger partial charge on any atom is -0.465 e. The van der Waals surface area contributed by atoms with Crippen molar-refractivity contribution < 1.29 is 23.9 Å². The monoisotopic (exact) mass is 405 g/mol. The third-order valence-electron chi connectivity index (χ3n) is 5.19. The Kier molecular flexibility index (Phi) is 5.20. The predicted octanol–water partition coefficient (Wildman–Crippen LogP) is 4.55. The number of hydrogen-bond acceptors (Lipinski definition) is 6. The molecular weight excluding hydrogens is 386 g/mol. The number of nitro groups is 1. The smallest absolute Gasteiger partial charge is 0.338 e. The van der Waals surface area contributed by atoms with E-state index in [9.17, 15) is 14.9 Å². The van der Waals surface area contributed by atoms with Gasteiger partial charge in [0.05, 0.1) is 29.1 Å². The first-order valence-electron chi connectivity index (χ1n) is 9.29. The third kappa shape index (κ3) is 3.29. The summed E-state index contributed by atoms with van der Waals surface area (Å²) in [5.41, 5.74) is 2.57. The summed E-state index contributed by atoms with van der Waals surface area (Å²) in [7, 11) is 2.81. The summed E-state index contributed by atoms with van der Waals surface area (Å²) >= 11 is 0. The van der Waals surface area contributed by atoms with E-state index in [2.05, 4.69) is 0 Å². The van der Waals surface area contributed by atoms with Crippen LogP contribution in [0.25, 0.3) is 11.1 Å². The number of methoxy groups -OCH3 is 2. The Hall–Kier alpha value is -3.71. The maximum atomic E-state index is 12.3. The molecule has 3 aromatic rings. The quantitative estimate of drug-likeness (QED) is 0.352. The second-order valence-corrected chi connectivity index (χ2v) is 6.81. The van der Waals surface area contributed by atoms with E-state index in [0.717, 1.165) is 11.1 Å². The molecule has 7 nitrogen and oxygen atoms in total. The van der Waals surface area contributed by atoms with E-state index in [-0.39, 0.29) is 22.7 Å². The lowest BCUT2D eigenvalue weighted by molar-refractivity contribution is -0.384. The molecule has 0 aliphatic carbocycles. The van der Waals surface area contributed by atoms with Crippen LogP contribution in [0.15, 0.2) is 66.7 Å². The molecule has 0 saturated carbocycles. The number of ether oxygens (including phenoxy) is 3. The van der Waals surface area contributed by atoms with Crippen LogP contribution >= 0.6 is 0 Å². The Bertz CT molecular complexity index is 1110. The van der Waals surface area contributed by atoms with Crippen molar-refractivity contribution in [2.45, 2.75) is 12.2 Å². The van der Waals surface area contributed by atoms with Crippen LogP contribution in [0.2, 0.25) is 0 Å². The molecule has 4 rings (SSSR count). The van der Waals surface area contributed by atoms with E-state index in [0.29, 0.717) is 11.3 Å². The van der Waals surface area contributed by atoms with Gasteiger partial charge >= 0.3 is 5.97 Å². The molecule has 3 aromatic carbocycles. The summed E-state index contributed by atoms with van der Waals surface area (Å²) < 4.78 is 16.4. The number of nitro benzene ring substituents is 1. The van der Waals surface area contributed by atoms with E-state index in [1.54, 1.807) is 19.2 Å². The molecule has 0 aromatic heterocycles. The number of benzene rings is 3. The number of nitrogens with zero attached hydrogens (tertiary/aromatic N) is 1. The zero-order chi connectivity index (χ0) is 21.3. The van der Waals surface area contributed by atoms with Gasteiger partial charge in [0, 0.05) is 18.7 Å². The first-order chi connectivity index (χ1) is 14.5. The molecule has 0 bridgehead atoms. The topological polar surface area (TPSA) is 87.9 Å². The van der Waals surface area contributed by atoms with Crippen LogP contribution in [-0.2, 0) is 9.47 Å². The zero-order valence-electron chi connectivity index (χ0n) is 16.4. The highest BCUT2D eigenvalue weighted by atomic mass is 16.7. The summed E-state index contributed by atoms with van der Waals surface area (Å²) in [5.74, 6) is -0.222. The van der Waals surface area contributed by atoms with Gasteiger partial charge in [0.1, 0.15) is 5.75 Å². The molecule has 1 aliphatic rings. The molecule has 0 spiro atoms. The lowest BCUT2D eigenvalue weighted by Gasteiger charge is -2.17. The highest BCUT2D eigenvalue weighted by molar-refractivity contribution is 6.00. The fourth-order valence-electron chi connectivity index (χ4n) is 3.85. The Morgan fingerprint density at radius 1 is 1.03 bits per heavy atom. The fraction of sp³-hybridized carbons (Fsp3) is 0.174. The van der Waals surface area contributed by atoms with E-state index in [4.69, 9.17) is 14.2 Å². The van der Waals surface area contributed by atoms with Crippen LogP contribution in [0.5, 0.6) is 5.75 Å². The molecule has 152 valence electrons. The van der Waals surface area contributed by atoms with Crippen molar-refractivity contribution >= 4 is 11.7 Å². The van der Waals surface area contributed by atoms with E-state index in [1.807, 2.05) is 36.4 Å². The first-order valence-corrected chi connectivity index (χ1v) is 9.29. The molecule has 0 amide bonds. The molecule has 7 heteroatoms. The molecule has 0 fully saturated rings. The molecule has 2 atom stereocenters. The Morgan fingerprint density at radius 2 is 1.80 bits per heavy atom. The van der Waals surface area contributed by atoms with Gasteiger partial charge in [-0.05, 0) is 23.3 Å². The minimum atomic E-state index is -0.646. The Balaban J connectivity index is 1.86. The molecule has 2 unspecified atom stereocenters. The van der Waals surface area contributed by atoms with Gasteiger partial charge in [-0.2, -0.15) is 0 Å². The maximum absolute atomic E-state index is 12.3. The predicted molar refractivity (Wildman–Crippen MR) is 110 cm³/mol. The van der Waals surface area contributed by atoms with E-state index in [1.165, 1.54) is 25.3 Å². The summed E-state index contributed by atoms with van der Waals surface area (Å²) in [4.78, 5) is 23.4. The average molecular weight is 405 g/mol. The van der Waals surface area contributed by atoms with Gasteiger partial charge in [0.2, 0.25) is 6.29 Å². The molecule has 0 N–H and O–H groups in total. The second kappa shape index (κ2) is 7.96. The molecule has 1 aliphatic heterocycles. The third-order valence-corrected chi connectivity index (χ3v) is 5.19. The SMILES string of the molecule is COC(=O)c1cccc([N+](=O)[O-])c1-c1ccc2c(c1)OC(OC)C2c1ccccc1. The van der Waals surface area contributed by atoms with Crippen molar-refractivity contribution in [3.8, 4) is 16.9 Å². The van der Waals surface area contributed by atoms with Crippen molar-refractivity contribution in [1.29, 1.82) is 0 Å². The highest BCUT2D eigenvalue weighted by Crippen LogP contribution is 2.45. The van der Waals surface area contributed by atoms with Crippen LogP contribution < -0.4 is 4.74 Å². The lowest BCUT2D eigenvalue weighted by atomic mass is 9.90. The van der Waals surface area contributed by atoms with Gasteiger partial charge in [-0.1, -0.05) is 48.5 Å². The van der Waals surface area contributed by atoms with Crippen molar-refractivity contribution in [2.75, 3.05) is 14.2 Å². The molecule has 0 saturated heterocycles. The number of rotatable bonds is 5. The van der Waals surface area contributed by atoms with Crippen LogP contribution in [0, 0.1) is 10.1 Å². The normalized spacial score (nSPS) is 17.1. The number of hydrogen-bond donors (Lipinski definition) is 0. The van der Waals surface area contributed by atoms with Gasteiger partial charge in [-0.15, -0.1) is 0 Å². The summed E-state index contributed by atoms with van der Waals surface area (Å²) in [6.45, 7) is 0. The Morgan fingerprint density at radius 3 is 2.47 bits per heavy atom. The summed E-state index contributed by atoms with van der Waals surface area (Å²) in [6, 6.07) is 19.5. The van der Waals surface area contributed by atoms with Crippen molar-refractivity contribution in [1.82, 2.24) is 0 Å². The summed E-state index contributed by atoms with van der Waals surface area (Å²) in [5, 5.41) is 11.6. The van der Waals surface area contributed by atoms with Crippen molar-refractivity contribution in [3.05, 3.63) is 93.5 Å². The van der Waals surface area contributed by atoms with E-state index >= 15 is 0 Å². The lowest BCUT2D eigenvalue weighted by Crippen LogP contribution is -2.21. The zero-order valence-corrected chi connectivity index (χ0v) is 16.4. The molecule has 30 heavy (non-hydrogen) atoms. The van der Waals surface area contributed by atoms with Gasteiger partial charge < -0.3 is 14.2 Å². The highest BCUT2D eigenvalue weighted by Gasteiger charge is 2.36. The minimum absolute atomic E-state index is 0.118. The fourth-order valence-corrected chi connectivity index (χ4v) is 3.85. The van der Waals surface area contributed by atoms with Gasteiger partial charge in [-0.3, -0.25) is 10.1 Å². The summed E-state index contributed by atoms with van der Waals surface area (Å²) in [6.07, 6.45) is -0.525. The molecule has 1 heterocycles. The first kappa shape index (κ1) is 19.6. The van der Waals surface area contributed by atoms with Gasteiger partial charge in [-0.25, -0.2) is 4.79 Å². The molecular formula is C23H19NO6. The van der Waals surface area contributed by atoms with Crippen LogP contribution in [-0.4, -0.2) is 31.4 Å². The largest absolute Gasteiger partial charge is 0.465 e. The number of carbonyl (C=O) groups is 1. The van der Waals surface area contributed by atoms with Crippen LogP contribution in [0.4, 0.5) is 5.69 Å². The number of fused-ring (bicyclic) bond motifs is 1. The van der Waals surface area contributed by atoms with E-state index < -0.39 is 17.2 Å². The van der Waals surface area contributed by atoms with Crippen LogP contribution in [0.3, 0.4) is 0 Å². The van der Waals surface area contributed by atoms with Gasteiger partial charge in [0.15, 0.2) is 0 Å². The van der Waals surface area contributed by atoms with Crippen LogP contribution in [0.1, 0.15) is 27.4 Å². The van der Waals surface area contributed by atoms with Crippen molar-refractivity contribution in [3.63, 3.8) is 0 Å². The van der Waals surface area contributed by atoms with Gasteiger partial charge in [0.25, 0.3) is 5.69 Å². The number of carbonyl (C=O) groups excluding carboxylic acids is 1. The second-order valence-electron chi connectivity index (χ2n) is 6.81. The Labute approximate surface area is 173 Å². The molecule has 0 radical (unpaired) electrons.